The Morgan fingerprint density at radius 1 is 1.27 bits per heavy atom. The van der Waals surface area contributed by atoms with Gasteiger partial charge < -0.3 is 10.1 Å². The maximum atomic E-state index is 12.2. The van der Waals surface area contributed by atoms with Crippen molar-refractivity contribution in [2.75, 3.05) is 18.2 Å². The van der Waals surface area contributed by atoms with E-state index in [4.69, 9.17) is 16.3 Å². The average Bonchev–Trinajstić information content (AvgIpc) is 3.10. The van der Waals surface area contributed by atoms with E-state index in [2.05, 4.69) is 14.7 Å². The van der Waals surface area contributed by atoms with E-state index >= 15 is 0 Å². The molecule has 0 saturated carbocycles. The fourth-order valence-electron chi connectivity index (χ4n) is 2.18. The monoisotopic (exact) mass is 405 g/mol. The van der Waals surface area contributed by atoms with E-state index < -0.39 is 0 Å². The van der Waals surface area contributed by atoms with Crippen LogP contribution in [0.3, 0.4) is 0 Å². The third kappa shape index (κ3) is 4.75. The molecule has 2 aromatic carbocycles. The van der Waals surface area contributed by atoms with Gasteiger partial charge in [-0.25, -0.2) is 4.98 Å². The van der Waals surface area contributed by atoms with E-state index in [9.17, 15) is 4.79 Å². The summed E-state index contributed by atoms with van der Waals surface area (Å²) in [6.45, 7) is 2.03. The highest BCUT2D eigenvalue weighted by Gasteiger charge is 2.12. The van der Waals surface area contributed by atoms with Gasteiger partial charge in [0.1, 0.15) is 5.75 Å². The van der Waals surface area contributed by atoms with Crippen LogP contribution in [-0.2, 0) is 4.79 Å². The predicted molar refractivity (Wildman–Crippen MR) is 107 cm³/mol. The second-order valence-electron chi connectivity index (χ2n) is 5.43. The molecule has 3 aromatic rings. The van der Waals surface area contributed by atoms with Crippen LogP contribution in [-0.4, -0.2) is 28.1 Å². The van der Waals surface area contributed by atoms with Gasteiger partial charge in [0.15, 0.2) is 10.2 Å². The predicted octanol–water partition coefficient (Wildman–Crippen LogP) is 4.91. The van der Waals surface area contributed by atoms with Gasteiger partial charge >= 0.3 is 0 Å². The van der Waals surface area contributed by atoms with Gasteiger partial charge in [-0.3, -0.25) is 4.79 Å². The fraction of sp³-hybridized carbons (Fsp3) is 0.167. The Labute approximate surface area is 164 Å². The molecule has 0 bridgehead atoms. The SMILES string of the molecule is COc1ccc(Cl)cc1NC(=O)CSc1nc(-c2ccc(C)cc2)ns1. The minimum absolute atomic E-state index is 0.164. The van der Waals surface area contributed by atoms with Crippen LogP contribution in [0.5, 0.6) is 5.75 Å². The van der Waals surface area contributed by atoms with Gasteiger partial charge in [0.05, 0.1) is 18.6 Å². The number of rotatable bonds is 6. The van der Waals surface area contributed by atoms with Gasteiger partial charge in [0.2, 0.25) is 5.91 Å². The number of benzene rings is 2. The van der Waals surface area contributed by atoms with Crippen LogP contribution < -0.4 is 10.1 Å². The van der Waals surface area contributed by atoms with Crippen LogP contribution >= 0.6 is 34.9 Å². The van der Waals surface area contributed by atoms with Gasteiger partial charge in [-0.05, 0) is 36.7 Å². The normalized spacial score (nSPS) is 10.6. The van der Waals surface area contributed by atoms with Crippen molar-refractivity contribution < 1.29 is 9.53 Å². The second-order valence-corrected chi connectivity index (χ2v) is 7.84. The van der Waals surface area contributed by atoms with Crippen LogP contribution in [0.1, 0.15) is 5.56 Å². The highest BCUT2D eigenvalue weighted by atomic mass is 35.5. The van der Waals surface area contributed by atoms with Crippen LogP contribution in [0.4, 0.5) is 5.69 Å². The number of ether oxygens (including phenoxy) is 1. The van der Waals surface area contributed by atoms with E-state index in [-0.39, 0.29) is 11.7 Å². The summed E-state index contributed by atoms with van der Waals surface area (Å²) >= 11 is 8.60. The number of nitrogens with one attached hydrogen (secondary N) is 1. The molecular formula is C18H16ClN3O2S2. The van der Waals surface area contributed by atoms with Crippen LogP contribution in [0.25, 0.3) is 11.4 Å². The summed E-state index contributed by atoms with van der Waals surface area (Å²) in [4.78, 5) is 16.7. The van der Waals surface area contributed by atoms with E-state index in [1.165, 1.54) is 28.9 Å². The second kappa shape index (κ2) is 8.53. The number of anilines is 1. The van der Waals surface area contributed by atoms with Gasteiger partial charge in [-0.15, -0.1) is 0 Å². The molecule has 8 heteroatoms. The third-order valence-electron chi connectivity index (χ3n) is 3.48. The molecule has 1 heterocycles. The molecule has 134 valence electrons. The van der Waals surface area contributed by atoms with Crippen molar-refractivity contribution in [2.24, 2.45) is 0 Å². The smallest absolute Gasteiger partial charge is 0.234 e. The number of hydrogen-bond donors (Lipinski definition) is 1. The first-order chi connectivity index (χ1) is 12.5. The lowest BCUT2D eigenvalue weighted by Gasteiger charge is -2.09. The molecular weight excluding hydrogens is 390 g/mol. The van der Waals surface area contributed by atoms with E-state index in [0.717, 1.165) is 9.90 Å². The number of carbonyl (C=O) groups excluding carboxylic acids is 1. The number of nitrogens with zero attached hydrogens (tertiary/aromatic N) is 2. The molecule has 0 aliphatic heterocycles. The zero-order valence-corrected chi connectivity index (χ0v) is 16.5. The molecule has 0 unspecified atom stereocenters. The number of hydrogen-bond acceptors (Lipinski definition) is 6. The lowest BCUT2D eigenvalue weighted by molar-refractivity contribution is -0.113. The Balaban J connectivity index is 1.60. The number of thioether (sulfide) groups is 1. The largest absolute Gasteiger partial charge is 0.495 e. The molecule has 0 atom stereocenters. The summed E-state index contributed by atoms with van der Waals surface area (Å²) in [5, 5.41) is 3.33. The summed E-state index contributed by atoms with van der Waals surface area (Å²) in [6, 6.07) is 13.1. The summed E-state index contributed by atoms with van der Waals surface area (Å²) in [5.41, 5.74) is 2.70. The number of aromatic nitrogens is 2. The molecule has 5 nitrogen and oxygen atoms in total. The summed E-state index contributed by atoms with van der Waals surface area (Å²) < 4.78 is 10.3. The molecule has 0 aliphatic rings. The highest BCUT2D eigenvalue weighted by molar-refractivity contribution is 8.01. The summed E-state index contributed by atoms with van der Waals surface area (Å²) in [6.07, 6.45) is 0. The maximum absolute atomic E-state index is 12.2. The van der Waals surface area contributed by atoms with Gasteiger partial charge in [0.25, 0.3) is 0 Å². The zero-order valence-electron chi connectivity index (χ0n) is 14.2. The molecule has 0 saturated heterocycles. The van der Waals surface area contributed by atoms with Crippen LogP contribution in [0.2, 0.25) is 5.02 Å². The zero-order chi connectivity index (χ0) is 18.5. The minimum Gasteiger partial charge on any atom is -0.495 e. The molecule has 0 fully saturated rings. The van der Waals surface area contributed by atoms with Crippen molar-refractivity contribution in [3.63, 3.8) is 0 Å². The standard InChI is InChI=1S/C18H16ClN3O2S2/c1-11-3-5-12(6-4-11)17-21-18(26-22-17)25-10-16(23)20-14-9-13(19)7-8-15(14)24-2/h3-9H,10H2,1-2H3,(H,20,23). The van der Waals surface area contributed by atoms with Gasteiger partial charge in [0, 0.05) is 10.6 Å². The summed E-state index contributed by atoms with van der Waals surface area (Å²) in [7, 11) is 1.54. The number of carbonyl (C=O) groups is 1. The third-order valence-corrected chi connectivity index (χ3v) is 5.55. The molecule has 1 aromatic heterocycles. The number of aryl methyl sites for hydroxylation is 1. The van der Waals surface area contributed by atoms with E-state index in [1.807, 2.05) is 31.2 Å². The lowest BCUT2D eigenvalue weighted by atomic mass is 10.1. The Kier molecular flexibility index (Phi) is 6.13. The van der Waals surface area contributed by atoms with Crippen LogP contribution in [0, 0.1) is 6.92 Å². The molecule has 0 radical (unpaired) electrons. The molecule has 26 heavy (non-hydrogen) atoms. The fourth-order valence-corrected chi connectivity index (χ4v) is 3.77. The Morgan fingerprint density at radius 2 is 2.04 bits per heavy atom. The van der Waals surface area contributed by atoms with Crippen molar-refractivity contribution in [1.29, 1.82) is 0 Å². The molecule has 1 N–H and O–H groups in total. The highest BCUT2D eigenvalue weighted by Crippen LogP contribution is 2.29. The molecule has 0 spiro atoms. The molecule has 0 aliphatic carbocycles. The average molecular weight is 406 g/mol. The maximum Gasteiger partial charge on any atom is 0.234 e. The van der Waals surface area contributed by atoms with E-state index in [0.29, 0.717) is 22.3 Å². The number of methoxy groups -OCH3 is 1. The quantitative estimate of drug-likeness (QED) is 0.590. The van der Waals surface area contributed by atoms with Gasteiger partial charge in [-0.2, -0.15) is 4.37 Å². The molecule has 3 rings (SSSR count). The first kappa shape index (κ1) is 18.7. The van der Waals surface area contributed by atoms with Crippen LogP contribution in [0.15, 0.2) is 46.8 Å². The van der Waals surface area contributed by atoms with Crippen molar-refractivity contribution >= 4 is 46.5 Å². The minimum atomic E-state index is -0.164. The van der Waals surface area contributed by atoms with Gasteiger partial charge in [-0.1, -0.05) is 53.2 Å². The number of halogens is 1. The first-order valence-corrected chi connectivity index (χ1v) is 9.86. The Morgan fingerprint density at radius 3 is 2.77 bits per heavy atom. The lowest BCUT2D eigenvalue weighted by Crippen LogP contribution is -2.14. The topological polar surface area (TPSA) is 64.1 Å². The first-order valence-electron chi connectivity index (χ1n) is 7.72. The van der Waals surface area contributed by atoms with E-state index in [1.54, 1.807) is 25.3 Å². The van der Waals surface area contributed by atoms with Crippen molar-refractivity contribution in [3.8, 4) is 17.1 Å². The van der Waals surface area contributed by atoms with Crippen molar-refractivity contribution in [2.45, 2.75) is 11.3 Å². The summed E-state index contributed by atoms with van der Waals surface area (Å²) in [5.74, 6) is 1.29. The van der Waals surface area contributed by atoms with Crippen molar-refractivity contribution in [1.82, 2.24) is 9.36 Å². The molecule has 1 amide bonds. The Bertz CT molecular complexity index is 913. The number of amides is 1. The Hall–Kier alpha value is -2.09. The van der Waals surface area contributed by atoms with Crippen molar-refractivity contribution in [3.05, 3.63) is 53.1 Å².